The first-order chi connectivity index (χ1) is 30.4. The Morgan fingerprint density at radius 2 is 1.26 bits per heavy atom. The second-order valence-electron chi connectivity index (χ2n) is 14.9. The van der Waals surface area contributed by atoms with Gasteiger partial charge >= 0.3 is 0 Å². The molecule has 0 aliphatic carbocycles. The Morgan fingerprint density at radius 1 is 0.613 bits per heavy atom. The van der Waals surface area contributed by atoms with E-state index in [-0.39, 0.29) is 0 Å². The van der Waals surface area contributed by atoms with Crippen LogP contribution in [0.5, 0.6) is 0 Å². The molecule has 4 heteroatoms. The zero-order chi connectivity index (χ0) is 43.8. The van der Waals surface area contributed by atoms with Crippen LogP contribution in [0.25, 0.3) is 76.6 Å². The summed E-state index contributed by atoms with van der Waals surface area (Å²) in [5.74, 6) is 0. The Balaban J connectivity index is 0.000000220. The third-order valence-electron chi connectivity index (χ3n) is 11.0. The van der Waals surface area contributed by atoms with Gasteiger partial charge in [-0.25, -0.2) is 0 Å². The monoisotopic (exact) mass is 808 g/mol. The Labute approximate surface area is 367 Å². The fraction of sp³-hybridized carbons (Fsp3) is 0.138. The molecule has 0 aliphatic heterocycles. The molecule has 2 aromatic heterocycles. The number of benzene rings is 7. The fourth-order valence-electron chi connectivity index (χ4n) is 7.73. The van der Waals surface area contributed by atoms with Crippen LogP contribution in [0.2, 0.25) is 0 Å². The Kier molecular flexibility index (Phi) is 15.6. The molecular formula is C58H56N4. The SMILES string of the molecule is C/C=C\C.C=C/C(C)=C\C=NC.CCc1c(C)cccc1C=NC.c1ccc(-c2ccc(-c3ccc4ccc5c(-c6cccc7cnccc67)ccc6ccc3c4c65)cc2)nc1. The predicted octanol–water partition coefficient (Wildman–Crippen LogP) is 15.5. The van der Waals surface area contributed by atoms with Gasteiger partial charge in [-0.15, -0.1) is 0 Å². The van der Waals surface area contributed by atoms with Gasteiger partial charge < -0.3 is 0 Å². The van der Waals surface area contributed by atoms with E-state index in [1.807, 2.05) is 83.0 Å². The lowest BCUT2D eigenvalue weighted by Gasteiger charge is -2.17. The summed E-state index contributed by atoms with van der Waals surface area (Å²) in [6, 6.07) is 47.9. The molecule has 0 saturated heterocycles. The Morgan fingerprint density at radius 3 is 1.89 bits per heavy atom. The predicted molar refractivity (Wildman–Crippen MR) is 272 cm³/mol. The van der Waals surface area contributed by atoms with E-state index in [0.29, 0.717) is 0 Å². The van der Waals surface area contributed by atoms with Crippen LogP contribution in [-0.4, -0.2) is 36.5 Å². The van der Waals surface area contributed by atoms with E-state index in [1.165, 1.54) is 76.6 Å². The van der Waals surface area contributed by atoms with Crippen molar-refractivity contribution in [3.05, 3.63) is 205 Å². The van der Waals surface area contributed by atoms with Gasteiger partial charge in [0.25, 0.3) is 0 Å². The number of aryl methyl sites for hydroxylation is 1. The number of fused-ring (bicyclic) bond motifs is 1. The maximum atomic E-state index is 4.51. The molecule has 9 rings (SSSR count). The molecule has 0 spiro atoms. The molecule has 0 fully saturated rings. The topological polar surface area (TPSA) is 50.5 Å². The van der Waals surface area contributed by atoms with Crippen molar-refractivity contribution in [2.24, 2.45) is 9.98 Å². The summed E-state index contributed by atoms with van der Waals surface area (Å²) in [5.41, 5.74) is 12.2. The highest BCUT2D eigenvalue weighted by Gasteiger charge is 2.16. The van der Waals surface area contributed by atoms with Gasteiger partial charge in [-0.3, -0.25) is 20.0 Å². The highest BCUT2D eigenvalue weighted by atomic mass is 14.7. The first kappa shape index (κ1) is 44.3. The molecule has 0 atom stereocenters. The molecular weight excluding hydrogens is 753 g/mol. The van der Waals surface area contributed by atoms with Gasteiger partial charge in [-0.2, -0.15) is 0 Å². The number of pyridine rings is 2. The second-order valence-corrected chi connectivity index (χ2v) is 14.9. The summed E-state index contributed by atoms with van der Waals surface area (Å²) < 4.78 is 0. The van der Waals surface area contributed by atoms with E-state index in [0.717, 1.165) is 28.6 Å². The average Bonchev–Trinajstić information content (AvgIpc) is 3.33. The molecule has 7 aromatic carbocycles. The molecule has 4 nitrogen and oxygen atoms in total. The molecule has 0 amide bonds. The van der Waals surface area contributed by atoms with Crippen LogP contribution in [-0.2, 0) is 6.42 Å². The van der Waals surface area contributed by atoms with Gasteiger partial charge in [0.15, 0.2) is 0 Å². The largest absolute Gasteiger partial charge is 0.297 e. The van der Waals surface area contributed by atoms with E-state index in [2.05, 4.69) is 162 Å². The summed E-state index contributed by atoms with van der Waals surface area (Å²) in [4.78, 5) is 16.6. The molecule has 308 valence electrons. The Hall–Kier alpha value is -7.30. The van der Waals surface area contributed by atoms with Crippen LogP contribution in [0.15, 0.2) is 198 Å². The molecule has 0 radical (unpaired) electrons. The van der Waals surface area contributed by atoms with E-state index in [1.54, 1.807) is 19.3 Å². The third kappa shape index (κ3) is 10.2. The van der Waals surface area contributed by atoms with Crippen LogP contribution in [0.3, 0.4) is 0 Å². The van der Waals surface area contributed by atoms with E-state index < -0.39 is 0 Å². The number of aliphatic imine (C=N–C) groups is 2. The minimum Gasteiger partial charge on any atom is -0.297 e. The minimum atomic E-state index is 0.992. The smallest absolute Gasteiger partial charge is 0.0701 e. The van der Waals surface area contributed by atoms with E-state index in [4.69, 9.17) is 0 Å². The van der Waals surface area contributed by atoms with E-state index in [9.17, 15) is 0 Å². The lowest BCUT2D eigenvalue weighted by molar-refractivity contribution is 1.10. The standard InChI is InChI=1S/C36H22N2.C11H15N.C7H11N.C4H8/c1-2-20-38-34(6-1)24-9-7-23(8-10-24)28-15-11-25-14-18-33-31(16-12-26-13-17-32(28)35(25)36(26)33)30-5-3-4-27-22-37-21-19-29(27)30;1-4-11-9(2)6-5-7-10(11)8-12-3;1-4-7(2)5-6-8-3;1-3-4-2/h1-22H;5-8H,4H2,1-3H3;4-6H,1H2,2-3H3;3-4H,1-2H3/b;;7-5-,8-6?;4-3-. The van der Waals surface area contributed by atoms with Gasteiger partial charge in [0.2, 0.25) is 0 Å². The van der Waals surface area contributed by atoms with Crippen molar-refractivity contribution in [3.8, 4) is 33.5 Å². The molecule has 9 aromatic rings. The lowest BCUT2D eigenvalue weighted by Crippen LogP contribution is -1.94. The molecule has 2 heterocycles. The van der Waals surface area contributed by atoms with Gasteiger partial charge in [-0.1, -0.05) is 153 Å². The highest BCUT2D eigenvalue weighted by molar-refractivity contribution is 6.28. The maximum absolute atomic E-state index is 4.51. The van der Waals surface area contributed by atoms with Crippen molar-refractivity contribution in [2.45, 2.75) is 41.0 Å². The summed E-state index contributed by atoms with van der Waals surface area (Å²) >= 11 is 0. The van der Waals surface area contributed by atoms with Crippen LogP contribution < -0.4 is 0 Å². The fourth-order valence-corrected chi connectivity index (χ4v) is 7.73. The number of hydrogen-bond donors (Lipinski definition) is 0. The lowest BCUT2D eigenvalue weighted by atomic mass is 9.86. The van der Waals surface area contributed by atoms with Crippen molar-refractivity contribution >= 4 is 55.5 Å². The number of allylic oxidation sites excluding steroid dienone is 5. The van der Waals surface area contributed by atoms with Crippen LogP contribution >= 0.6 is 0 Å². The minimum absolute atomic E-state index is 0.992. The normalized spacial score (nSPS) is 11.5. The molecule has 0 unspecified atom stereocenters. The summed E-state index contributed by atoms with van der Waals surface area (Å²) in [6.07, 6.45) is 18.1. The third-order valence-corrected chi connectivity index (χ3v) is 11.0. The van der Waals surface area contributed by atoms with Gasteiger partial charge in [0.1, 0.15) is 0 Å². The quantitative estimate of drug-likeness (QED) is 0.0697. The van der Waals surface area contributed by atoms with Gasteiger partial charge in [0.05, 0.1) is 5.69 Å². The first-order valence-electron chi connectivity index (χ1n) is 21.2. The molecule has 0 N–H and O–H groups in total. The molecule has 0 saturated carbocycles. The van der Waals surface area contributed by atoms with Crippen LogP contribution in [0, 0.1) is 6.92 Å². The van der Waals surface area contributed by atoms with Crippen molar-refractivity contribution in [3.63, 3.8) is 0 Å². The summed E-state index contributed by atoms with van der Waals surface area (Å²) in [5, 5.41) is 10.2. The van der Waals surface area contributed by atoms with Crippen LogP contribution in [0.1, 0.15) is 44.4 Å². The van der Waals surface area contributed by atoms with Crippen molar-refractivity contribution < 1.29 is 0 Å². The molecule has 0 bridgehead atoms. The number of rotatable bonds is 7. The van der Waals surface area contributed by atoms with Crippen molar-refractivity contribution in [1.82, 2.24) is 9.97 Å². The Bertz CT molecular complexity index is 3000. The van der Waals surface area contributed by atoms with Gasteiger partial charge in [-0.05, 0) is 135 Å². The average molecular weight is 809 g/mol. The first-order valence-corrected chi connectivity index (χ1v) is 21.2. The number of aromatic nitrogens is 2. The van der Waals surface area contributed by atoms with E-state index >= 15 is 0 Å². The zero-order valence-corrected chi connectivity index (χ0v) is 37.1. The summed E-state index contributed by atoms with van der Waals surface area (Å²) in [6.45, 7) is 13.9. The summed E-state index contributed by atoms with van der Waals surface area (Å²) in [7, 11) is 3.55. The molecule has 0 aliphatic rings. The number of hydrogen-bond acceptors (Lipinski definition) is 4. The molecule has 62 heavy (non-hydrogen) atoms. The van der Waals surface area contributed by atoms with Crippen LogP contribution in [0.4, 0.5) is 0 Å². The second kappa shape index (κ2) is 21.8. The number of nitrogens with zero attached hydrogens (tertiary/aromatic N) is 4. The van der Waals surface area contributed by atoms with Crippen molar-refractivity contribution in [2.75, 3.05) is 14.1 Å². The zero-order valence-electron chi connectivity index (χ0n) is 37.1. The maximum Gasteiger partial charge on any atom is 0.0701 e. The highest BCUT2D eigenvalue weighted by Crippen LogP contribution is 2.43. The van der Waals surface area contributed by atoms with Crippen molar-refractivity contribution in [1.29, 1.82) is 0 Å². The van der Waals surface area contributed by atoms with Gasteiger partial charge in [0, 0.05) is 56.1 Å².